The molecular formula is C8H12N2O. The summed E-state index contributed by atoms with van der Waals surface area (Å²) in [5.41, 5.74) is 6.32. The van der Waals surface area contributed by atoms with E-state index in [2.05, 4.69) is 4.98 Å². The van der Waals surface area contributed by atoms with Gasteiger partial charge < -0.3 is 10.5 Å². The third kappa shape index (κ3) is 2.20. The first kappa shape index (κ1) is 8.01. The number of rotatable bonds is 3. The van der Waals surface area contributed by atoms with Crippen LogP contribution in [-0.2, 0) is 0 Å². The largest absolute Gasteiger partial charge is 0.476 e. The quantitative estimate of drug-likeness (QED) is 0.694. The van der Waals surface area contributed by atoms with E-state index in [1.807, 2.05) is 19.1 Å². The first-order chi connectivity index (χ1) is 5.34. The number of nitrogens with zero attached hydrogens (tertiary/aromatic N) is 1. The van der Waals surface area contributed by atoms with Crippen LogP contribution in [0.2, 0.25) is 0 Å². The zero-order chi connectivity index (χ0) is 8.10. The van der Waals surface area contributed by atoms with Crippen LogP contribution in [0.3, 0.4) is 0 Å². The molecule has 11 heavy (non-hydrogen) atoms. The average Bonchev–Trinajstić information content (AvgIpc) is 2.03. The molecular weight excluding hydrogens is 140 g/mol. The Morgan fingerprint density at radius 3 is 3.09 bits per heavy atom. The summed E-state index contributed by atoms with van der Waals surface area (Å²) in [4.78, 5) is 4.04. The zero-order valence-corrected chi connectivity index (χ0v) is 6.58. The fourth-order valence-corrected chi connectivity index (χ4v) is 0.778. The Morgan fingerprint density at radius 1 is 1.64 bits per heavy atom. The second kappa shape index (κ2) is 3.93. The number of nitrogens with two attached hydrogens (primary N) is 1. The minimum absolute atomic E-state index is 0.524. The molecule has 0 atom stereocenters. The van der Waals surface area contributed by atoms with Crippen LogP contribution in [0.15, 0.2) is 18.3 Å². The Labute approximate surface area is 66.2 Å². The maximum Gasteiger partial charge on any atom is 0.216 e. The van der Waals surface area contributed by atoms with E-state index in [1.54, 1.807) is 6.20 Å². The fourth-order valence-electron chi connectivity index (χ4n) is 0.778. The molecule has 0 aliphatic carbocycles. The lowest BCUT2D eigenvalue weighted by Gasteiger charge is -2.04. The first-order valence-electron chi connectivity index (χ1n) is 3.59. The summed E-state index contributed by atoms with van der Waals surface area (Å²) in [6, 6.07) is 3.84. The molecule has 2 N–H and O–H groups in total. The maximum absolute atomic E-state index is 5.27. The molecule has 60 valence electrons. The highest BCUT2D eigenvalue weighted by molar-refractivity contribution is 5.23. The molecule has 1 aromatic rings. The van der Waals surface area contributed by atoms with E-state index in [-0.39, 0.29) is 0 Å². The van der Waals surface area contributed by atoms with Gasteiger partial charge >= 0.3 is 0 Å². The van der Waals surface area contributed by atoms with E-state index in [0.29, 0.717) is 19.0 Å². The second-order valence-corrected chi connectivity index (χ2v) is 2.26. The van der Waals surface area contributed by atoms with Crippen LogP contribution in [0.1, 0.15) is 5.56 Å². The Hall–Kier alpha value is -1.09. The molecule has 0 saturated heterocycles. The Morgan fingerprint density at radius 2 is 2.45 bits per heavy atom. The van der Waals surface area contributed by atoms with E-state index in [1.165, 1.54) is 0 Å². The van der Waals surface area contributed by atoms with E-state index >= 15 is 0 Å². The van der Waals surface area contributed by atoms with Gasteiger partial charge in [-0.25, -0.2) is 4.98 Å². The van der Waals surface area contributed by atoms with E-state index in [4.69, 9.17) is 10.5 Å². The summed E-state index contributed by atoms with van der Waals surface area (Å²) in [5.74, 6) is 0.679. The molecule has 0 saturated carbocycles. The molecule has 0 aliphatic heterocycles. The van der Waals surface area contributed by atoms with Crippen molar-refractivity contribution in [1.82, 2.24) is 4.98 Å². The molecule has 0 aromatic carbocycles. The molecule has 1 heterocycles. The molecule has 0 bridgehead atoms. The van der Waals surface area contributed by atoms with Crippen molar-refractivity contribution in [3.63, 3.8) is 0 Å². The van der Waals surface area contributed by atoms with Crippen LogP contribution >= 0.6 is 0 Å². The van der Waals surface area contributed by atoms with Gasteiger partial charge in [0.25, 0.3) is 0 Å². The summed E-state index contributed by atoms with van der Waals surface area (Å²) in [5, 5.41) is 0. The lowest BCUT2D eigenvalue weighted by Crippen LogP contribution is -2.11. The maximum atomic E-state index is 5.27. The van der Waals surface area contributed by atoms with Crippen molar-refractivity contribution in [3.8, 4) is 5.88 Å². The van der Waals surface area contributed by atoms with Gasteiger partial charge in [0.1, 0.15) is 6.61 Å². The highest BCUT2D eigenvalue weighted by Gasteiger charge is 1.96. The summed E-state index contributed by atoms with van der Waals surface area (Å²) in [6.45, 7) is 3.01. The number of hydrogen-bond donors (Lipinski definition) is 1. The summed E-state index contributed by atoms with van der Waals surface area (Å²) in [7, 11) is 0. The summed E-state index contributed by atoms with van der Waals surface area (Å²) in [6.07, 6.45) is 1.71. The number of ether oxygens (including phenoxy) is 1. The third-order valence-electron chi connectivity index (χ3n) is 1.32. The Balaban J connectivity index is 2.62. The van der Waals surface area contributed by atoms with Crippen molar-refractivity contribution in [2.24, 2.45) is 5.73 Å². The Bertz CT molecular complexity index is 225. The highest BCUT2D eigenvalue weighted by Crippen LogP contribution is 2.11. The number of pyridine rings is 1. The second-order valence-electron chi connectivity index (χ2n) is 2.26. The summed E-state index contributed by atoms with van der Waals surface area (Å²) < 4.78 is 5.25. The van der Waals surface area contributed by atoms with Crippen LogP contribution in [0, 0.1) is 6.92 Å². The van der Waals surface area contributed by atoms with Crippen LogP contribution in [-0.4, -0.2) is 18.1 Å². The predicted octanol–water partition coefficient (Wildman–Crippen LogP) is 0.728. The van der Waals surface area contributed by atoms with E-state index in [9.17, 15) is 0 Å². The molecule has 0 amide bonds. The van der Waals surface area contributed by atoms with Crippen molar-refractivity contribution < 1.29 is 4.74 Å². The van der Waals surface area contributed by atoms with Crippen molar-refractivity contribution in [2.45, 2.75) is 6.92 Å². The molecule has 1 rings (SSSR count). The predicted molar refractivity (Wildman–Crippen MR) is 43.5 cm³/mol. The molecule has 0 spiro atoms. The van der Waals surface area contributed by atoms with Gasteiger partial charge in [0.2, 0.25) is 5.88 Å². The monoisotopic (exact) mass is 152 g/mol. The smallest absolute Gasteiger partial charge is 0.216 e. The lowest BCUT2D eigenvalue weighted by atomic mass is 10.3. The lowest BCUT2D eigenvalue weighted by molar-refractivity contribution is 0.313. The number of aromatic nitrogens is 1. The van der Waals surface area contributed by atoms with Gasteiger partial charge in [0.05, 0.1) is 0 Å². The van der Waals surface area contributed by atoms with Crippen molar-refractivity contribution in [3.05, 3.63) is 23.9 Å². The fraction of sp³-hybridized carbons (Fsp3) is 0.375. The van der Waals surface area contributed by atoms with Crippen LogP contribution in [0.5, 0.6) is 5.88 Å². The van der Waals surface area contributed by atoms with Gasteiger partial charge in [0, 0.05) is 18.3 Å². The van der Waals surface area contributed by atoms with Gasteiger partial charge in [-0.2, -0.15) is 0 Å². The van der Waals surface area contributed by atoms with Gasteiger partial charge in [-0.15, -0.1) is 0 Å². The average molecular weight is 152 g/mol. The van der Waals surface area contributed by atoms with Crippen molar-refractivity contribution in [1.29, 1.82) is 0 Å². The SMILES string of the molecule is Cc1cccnc1OCCN. The molecule has 3 nitrogen and oxygen atoms in total. The van der Waals surface area contributed by atoms with Crippen LogP contribution in [0.4, 0.5) is 0 Å². The molecule has 0 fully saturated rings. The zero-order valence-electron chi connectivity index (χ0n) is 6.58. The van der Waals surface area contributed by atoms with Crippen LogP contribution in [0.25, 0.3) is 0 Å². The topological polar surface area (TPSA) is 48.1 Å². The highest BCUT2D eigenvalue weighted by atomic mass is 16.5. The number of aryl methyl sites for hydroxylation is 1. The Kier molecular flexibility index (Phi) is 2.86. The minimum atomic E-state index is 0.524. The standard InChI is InChI=1S/C8H12N2O/c1-7-3-2-5-10-8(7)11-6-4-9/h2-3,5H,4,6,9H2,1H3. The normalized spacial score (nSPS) is 9.64. The van der Waals surface area contributed by atoms with Gasteiger partial charge in [0.15, 0.2) is 0 Å². The van der Waals surface area contributed by atoms with Crippen LogP contribution < -0.4 is 10.5 Å². The third-order valence-corrected chi connectivity index (χ3v) is 1.32. The van der Waals surface area contributed by atoms with E-state index in [0.717, 1.165) is 5.56 Å². The van der Waals surface area contributed by atoms with E-state index < -0.39 is 0 Å². The minimum Gasteiger partial charge on any atom is -0.476 e. The molecule has 0 aliphatic rings. The van der Waals surface area contributed by atoms with Gasteiger partial charge in [-0.1, -0.05) is 6.07 Å². The first-order valence-corrected chi connectivity index (χ1v) is 3.59. The van der Waals surface area contributed by atoms with Crippen molar-refractivity contribution >= 4 is 0 Å². The molecule has 3 heteroatoms. The molecule has 0 radical (unpaired) electrons. The number of hydrogen-bond acceptors (Lipinski definition) is 3. The summed E-state index contributed by atoms with van der Waals surface area (Å²) >= 11 is 0. The molecule has 1 aromatic heterocycles. The molecule has 0 unspecified atom stereocenters. The van der Waals surface area contributed by atoms with Crippen molar-refractivity contribution in [2.75, 3.05) is 13.2 Å². The van der Waals surface area contributed by atoms with Gasteiger partial charge in [-0.05, 0) is 13.0 Å². The van der Waals surface area contributed by atoms with Gasteiger partial charge in [-0.3, -0.25) is 0 Å².